The van der Waals surface area contributed by atoms with Crippen LogP contribution in [0.3, 0.4) is 0 Å². The summed E-state index contributed by atoms with van der Waals surface area (Å²) in [5, 5.41) is 0.752. The molecule has 0 fully saturated rings. The molecule has 1 aliphatic rings. The summed E-state index contributed by atoms with van der Waals surface area (Å²) < 4.78 is 6.83. The quantitative estimate of drug-likeness (QED) is 0.631. The van der Waals surface area contributed by atoms with Crippen molar-refractivity contribution >= 4 is 27.5 Å². The number of carbonyl (C=O) groups excluding carboxylic acids is 1. The minimum atomic E-state index is -0.313. The van der Waals surface area contributed by atoms with E-state index in [-0.39, 0.29) is 31.1 Å². The highest BCUT2D eigenvalue weighted by atomic mass is 32.1. The van der Waals surface area contributed by atoms with E-state index in [2.05, 4.69) is 11.9 Å². The van der Waals surface area contributed by atoms with Crippen molar-refractivity contribution in [3.63, 3.8) is 0 Å². The average Bonchev–Trinajstić information content (AvgIpc) is 3.05. The number of thiophene rings is 1. The Bertz CT molecular complexity index is 1020. The molecule has 0 N–H and O–H groups in total. The summed E-state index contributed by atoms with van der Waals surface area (Å²) in [5.41, 5.74) is 2.08. The fourth-order valence-electron chi connectivity index (χ4n) is 3.55. The minimum Gasteiger partial charge on any atom is -0.461 e. The molecule has 0 radical (unpaired) electrons. The van der Waals surface area contributed by atoms with Gasteiger partial charge in [-0.2, -0.15) is 0 Å². The Labute approximate surface area is 161 Å². The number of rotatable bonds is 5. The Morgan fingerprint density at radius 1 is 1.33 bits per heavy atom. The van der Waals surface area contributed by atoms with Gasteiger partial charge >= 0.3 is 5.97 Å². The van der Waals surface area contributed by atoms with Gasteiger partial charge in [0.25, 0.3) is 5.56 Å². The maximum absolute atomic E-state index is 12.9. The van der Waals surface area contributed by atoms with Crippen molar-refractivity contribution in [3.05, 3.63) is 63.0 Å². The molecular weight excluding hydrogens is 360 g/mol. The van der Waals surface area contributed by atoms with E-state index >= 15 is 0 Å². The molecule has 0 spiro atoms. The number of aryl methyl sites for hydroxylation is 2. The lowest BCUT2D eigenvalue weighted by atomic mass is 9.89. The number of fused-ring (bicyclic) bond motifs is 3. The minimum absolute atomic E-state index is 0.0390. The topological polar surface area (TPSA) is 61.2 Å². The number of ether oxygens (including phenoxy) is 1. The number of aromatic nitrogens is 2. The van der Waals surface area contributed by atoms with E-state index in [1.165, 1.54) is 15.0 Å². The van der Waals surface area contributed by atoms with Gasteiger partial charge in [-0.15, -0.1) is 11.3 Å². The van der Waals surface area contributed by atoms with Crippen molar-refractivity contribution in [2.75, 3.05) is 0 Å². The van der Waals surface area contributed by atoms with E-state index < -0.39 is 0 Å². The van der Waals surface area contributed by atoms with Crippen molar-refractivity contribution in [1.29, 1.82) is 0 Å². The first-order valence-corrected chi connectivity index (χ1v) is 10.1. The third-order valence-electron chi connectivity index (χ3n) is 5.08. The molecule has 1 aromatic carbocycles. The van der Waals surface area contributed by atoms with Crippen LogP contribution in [0, 0.1) is 5.92 Å². The summed E-state index contributed by atoms with van der Waals surface area (Å²) in [4.78, 5) is 31.5. The molecule has 140 valence electrons. The van der Waals surface area contributed by atoms with Crippen LogP contribution in [0.5, 0.6) is 0 Å². The molecule has 2 heterocycles. The van der Waals surface area contributed by atoms with Gasteiger partial charge in [0, 0.05) is 11.4 Å². The van der Waals surface area contributed by atoms with Crippen LogP contribution in [0.2, 0.25) is 0 Å². The zero-order valence-electron chi connectivity index (χ0n) is 15.3. The molecule has 5 nitrogen and oxygen atoms in total. The van der Waals surface area contributed by atoms with Crippen molar-refractivity contribution in [2.45, 2.75) is 45.8 Å². The van der Waals surface area contributed by atoms with Gasteiger partial charge in [0.1, 0.15) is 11.4 Å². The summed E-state index contributed by atoms with van der Waals surface area (Å²) >= 11 is 1.64. The van der Waals surface area contributed by atoms with Crippen molar-refractivity contribution in [1.82, 2.24) is 9.55 Å². The monoisotopic (exact) mass is 382 g/mol. The van der Waals surface area contributed by atoms with Crippen LogP contribution in [0.4, 0.5) is 0 Å². The van der Waals surface area contributed by atoms with Crippen molar-refractivity contribution < 1.29 is 9.53 Å². The maximum atomic E-state index is 12.9. The number of hydrogen-bond donors (Lipinski definition) is 0. The molecule has 27 heavy (non-hydrogen) atoms. The third kappa shape index (κ3) is 3.81. The highest BCUT2D eigenvalue weighted by molar-refractivity contribution is 7.18. The van der Waals surface area contributed by atoms with Gasteiger partial charge in [0.05, 0.1) is 18.1 Å². The van der Waals surface area contributed by atoms with Gasteiger partial charge in [0.15, 0.2) is 0 Å². The van der Waals surface area contributed by atoms with E-state index in [9.17, 15) is 9.59 Å². The van der Waals surface area contributed by atoms with Crippen molar-refractivity contribution in [3.8, 4) is 0 Å². The summed E-state index contributed by atoms with van der Waals surface area (Å²) in [5.74, 6) is 0.346. The highest BCUT2D eigenvalue weighted by Gasteiger charge is 2.23. The molecule has 0 bridgehead atoms. The number of esters is 1. The lowest BCUT2D eigenvalue weighted by molar-refractivity contribution is -0.145. The first kappa shape index (κ1) is 17.9. The fourth-order valence-corrected chi connectivity index (χ4v) is 4.89. The zero-order valence-corrected chi connectivity index (χ0v) is 16.1. The Morgan fingerprint density at radius 2 is 2.15 bits per heavy atom. The third-order valence-corrected chi connectivity index (χ3v) is 6.24. The van der Waals surface area contributed by atoms with Gasteiger partial charge in [-0.3, -0.25) is 14.2 Å². The molecule has 6 heteroatoms. The summed E-state index contributed by atoms with van der Waals surface area (Å²) in [6, 6.07) is 9.56. The first-order valence-electron chi connectivity index (χ1n) is 9.31. The Morgan fingerprint density at radius 3 is 2.96 bits per heavy atom. The summed E-state index contributed by atoms with van der Waals surface area (Å²) in [7, 11) is 0. The van der Waals surface area contributed by atoms with Crippen molar-refractivity contribution in [2.24, 2.45) is 5.92 Å². The Balaban J connectivity index is 1.45. The molecule has 1 atom stereocenters. The lowest BCUT2D eigenvalue weighted by Gasteiger charge is -2.17. The molecule has 0 saturated carbocycles. The molecule has 4 rings (SSSR count). The first-order chi connectivity index (χ1) is 13.1. The van der Waals surface area contributed by atoms with Crippen LogP contribution in [0.1, 0.15) is 35.8 Å². The molecule has 0 amide bonds. The maximum Gasteiger partial charge on any atom is 0.307 e. The fraction of sp³-hybridized carbons (Fsp3) is 0.381. The predicted octanol–water partition coefficient (Wildman–Crippen LogP) is 3.72. The van der Waals surface area contributed by atoms with Crippen LogP contribution in [-0.2, 0) is 35.5 Å². The van der Waals surface area contributed by atoms with E-state index in [1.807, 2.05) is 30.3 Å². The molecule has 2 aromatic heterocycles. The number of hydrogen-bond acceptors (Lipinski definition) is 5. The average molecular weight is 382 g/mol. The van der Waals surface area contributed by atoms with E-state index in [1.54, 1.807) is 17.7 Å². The molecule has 0 saturated heterocycles. The molecular formula is C21H22N2O3S. The van der Waals surface area contributed by atoms with Crippen LogP contribution >= 0.6 is 11.3 Å². The lowest BCUT2D eigenvalue weighted by Crippen LogP contribution is -2.23. The number of nitrogens with zero attached hydrogens (tertiary/aromatic N) is 2. The second-order valence-corrected chi connectivity index (χ2v) is 8.25. The smallest absolute Gasteiger partial charge is 0.307 e. The summed E-state index contributed by atoms with van der Waals surface area (Å²) in [6.07, 6.45) is 4.79. The molecule has 0 aliphatic heterocycles. The Hall–Kier alpha value is -2.47. The number of benzene rings is 1. The zero-order chi connectivity index (χ0) is 18.8. The van der Waals surface area contributed by atoms with E-state index in [4.69, 9.17) is 4.74 Å². The van der Waals surface area contributed by atoms with Gasteiger partial charge in [-0.1, -0.05) is 37.3 Å². The summed E-state index contributed by atoms with van der Waals surface area (Å²) in [6.45, 7) is 2.79. The van der Waals surface area contributed by atoms with Crippen LogP contribution < -0.4 is 5.56 Å². The SMILES string of the molecule is C[C@@H]1CCc2c(sc3ncn(CCC(=O)OCc4ccccc4)c(=O)c23)C1. The van der Waals surface area contributed by atoms with Gasteiger partial charge in [-0.25, -0.2) is 4.98 Å². The molecule has 0 unspecified atom stereocenters. The van der Waals surface area contributed by atoms with Gasteiger partial charge in [0.2, 0.25) is 0 Å². The molecule has 3 aromatic rings. The largest absolute Gasteiger partial charge is 0.461 e. The highest BCUT2D eigenvalue weighted by Crippen LogP contribution is 2.35. The second kappa shape index (κ2) is 7.64. The van der Waals surface area contributed by atoms with E-state index in [0.717, 1.165) is 35.0 Å². The van der Waals surface area contributed by atoms with E-state index in [0.29, 0.717) is 5.92 Å². The predicted molar refractivity (Wildman–Crippen MR) is 106 cm³/mol. The second-order valence-electron chi connectivity index (χ2n) is 7.17. The van der Waals surface area contributed by atoms with Crippen LogP contribution in [-0.4, -0.2) is 15.5 Å². The van der Waals surface area contributed by atoms with Gasteiger partial charge in [-0.05, 0) is 36.3 Å². The van der Waals surface area contributed by atoms with Gasteiger partial charge < -0.3 is 4.74 Å². The number of carbonyl (C=O) groups is 1. The standard InChI is InChI=1S/C21H22N2O3S/c1-14-7-8-16-17(11-14)27-20-19(16)21(25)23(13-22-20)10-9-18(24)26-12-15-5-3-2-4-6-15/h2-6,13-14H,7-12H2,1H3/t14-/m1/s1. The Kier molecular flexibility index (Phi) is 5.07. The van der Waals surface area contributed by atoms with Crippen LogP contribution in [0.25, 0.3) is 10.2 Å². The normalized spacial score (nSPS) is 16.3. The van der Waals surface area contributed by atoms with Crippen LogP contribution in [0.15, 0.2) is 41.5 Å². The molecule has 1 aliphatic carbocycles.